The van der Waals surface area contributed by atoms with E-state index in [0.717, 1.165) is 11.1 Å². The van der Waals surface area contributed by atoms with Gasteiger partial charge in [-0.25, -0.2) is 0 Å². The van der Waals surface area contributed by atoms with Gasteiger partial charge in [-0.3, -0.25) is 4.79 Å². The second-order valence-electron chi connectivity index (χ2n) is 2.85. The molecule has 2 heteroatoms. The molecule has 0 aliphatic carbocycles. The lowest BCUT2D eigenvalue weighted by Crippen LogP contribution is -1.98. The van der Waals surface area contributed by atoms with Crippen molar-refractivity contribution in [1.82, 2.24) is 0 Å². The van der Waals surface area contributed by atoms with E-state index < -0.39 is 0 Å². The Morgan fingerprint density at radius 3 is 2.62 bits per heavy atom. The van der Waals surface area contributed by atoms with Gasteiger partial charge in [0.05, 0.1) is 6.61 Å². The first-order valence-corrected chi connectivity index (χ1v) is 4.05. The molecule has 1 rings (SSSR count). The number of benzene rings is 1. The number of allylic oxidation sites excluding steroid dienone is 1. The van der Waals surface area contributed by atoms with E-state index in [1.165, 1.54) is 6.92 Å². The van der Waals surface area contributed by atoms with Crippen molar-refractivity contribution in [3.63, 3.8) is 0 Å². The average molecular weight is 176 g/mol. The number of hydrogen-bond donors (Lipinski definition) is 1. The average Bonchev–Trinajstić information content (AvgIpc) is 2.16. The molecule has 0 saturated carbocycles. The molecule has 1 aromatic rings. The third kappa shape index (κ3) is 2.04. The quantitative estimate of drug-likeness (QED) is 0.713. The van der Waals surface area contributed by atoms with E-state index >= 15 is 0 Å². The van der Waals surface area contributed by atoms with Crippen LogP contribution in [0.3, 0.4) is 0 Å². The molecule has 0 aliphatic rings. The number of carbonyl (C=O) groups is 1. The molecule has 0 saturated heterocycles. The Bertz CT molecular complexity index is 340. The maximum Gasteiger partial charge on any atom is 0.159 e. The predicted octanol–water partition coefficient (Wildman–Crippen LogP) is 1.78. The lowest BCUT2D eigenvalue weighted by molar-refractivity contribution is -0.111. The molecule has 0 unspecified atom stereocenters. The van der Waals surface area contributed by atoms with Gasteiger partial charge in [0.15, 0.2) is 5.78 Å². The summed E-state index contributed by atoms with van der Waals surface area (Å²) in [5, 5.41) is 9.00. The van der Waals surface area contributed by atoms with E-state index in [9.17, 15) is 4.79 Å². The molecule has 68 valence electrons. The molecular weight excluding hydrogens is 164 g/mol. The van der Waals surface area contributed by atoms with Gasteiger partial charge in [0.1, 0.15) is 0 Å². The smallest absolute Gasteiger partial charge is 0.159 e. The second-order valence-corrected chi connectivity index (χ2v) is 2.85. The van der Waals surface area contributed by atoms with Gasteiger partial charge < -0.3 is 5.11 Å². The maximum absolute atomic E-state index is 11.0. The number of carbonyl (C=O) groups excluding carboxylic acids is 1. The van der Waals surface area contributed by atoms with E-state index in [2.05, 4.69) is 6.58 Å². The topological polar surface area (TPSA) is 37.3 Å². The fourth-order valence-corrected chi connectivity index (χ4v) is 1.14. The number of aliphatic hydroxyl groups is 1. The normalized spacial score (nSPS) is 9.69. The summed E-state index contributed by atoms with van der Waals surface area (Å²) in [5.41, 5.74) is 1.92. The lowest BCUT2D eigenvalue weighted by Gasteiger charge is -2.06. The van der Waals surface area contributed by atoms with Crippen LogP contribution in [0.5, 0.6) is 0 Å². The molecule has 1 N–H and O–H groups in total. The highest BCUT2D eigenvalue weighted by molar-refractivity contribution is 6.19. The summed E-state index contributed by atoms with van der Waals surface area (Å²) in [6.07, 6.45) is 0. The van der Waals surface area contributed by atoms with Crippen LogP contribution in [0.4, 0.5) is 0 Å². The molecule has 13 heavy (non-hydrogen) atoms. The summed E-state index contributed by atoms with van der Waals surface area (Å²) in [6.45, 7) is 5.07. The number of Topliss-reactive ketones (excluding diaryl/α,β-unsaturated/α-hetero) is 1. The van der Waals surface area contributed by atoms with Gasteiger partial charge >= 0.3 is 0 Å². The highest BCUT2D eigenvalue weighted by Crippen LogP contribution is 2.18. The molecule has 0 heterocycles. The summed E-state index contributed by atoms with van der Waals surface area (Å²) < 4.78 is 0. The van der Waals surface area contributed by atoms with Crippen LogP contribution in [0.25, 0.3) is 5.57 Å². The van der Waals surface area contributed by atoms with Crippen LogP contribution in [0.1, 0.15) is 18.1 Å². The van der Waals surface area contributed by atoms with Crippen molar-refractivity contribution < 1.29 is 9.90 Å². The molecule has 0 spiro atoms. The SMILES string of the molecule is C=C(C(C)=O)c1ccccc1CO. The Labute approximate surface area is 77.5 Å². The first kappa shape index (κ1) is 9.68. The first-order valence-electron chi connectivity index (χ1n) is 4.05. The molecule has 2 nitrogen and oxygen atoms in total. The van der Waals surface area contributed by atoms with Gasteiger partial charge in [-0.05, 0) is 18.1 Å². The van der Waals surface area contributed by atoms with Crippen molar-refractivity contribution in [3.05, 3.63) is 42.0 Å². The number of aliphatic hydroxyl groups excluding tert-OH is 1. The van der Waals surface area contributed by atoms with Crippen molar-refractivity contribution in [1.29, 1.82) is 0 Å². The molecule has 0 bridgehead atoms. The molecule has 0 radical (unpaired) electrons. The minimum Gasteiger partial charge on any atom is -0.392 e. The van der Waals surface area contributed by atoms with Gasteiger partial charge in [0.2, 0.25) is 0 Å². The van der Waals surface area contributed by atoms with Crippen LogP contribution < -0.4 is 0 Å². The van der Waals surface area contributed by atoms with Crippen LogP contribution in [0.2, 0.25) is 0 Å². The molecule has 0 aliphatic heterocycles. The summed E-state index contributed by atoms with van der Waals surface area (Å²) in [4.78, 5) is 11.0. The zero-order valence-electron chi connectivity index (χ0n) is 7.58. The van der Waals surface area contributed by atoms with Crippen molar-refractivity contribution >= 4 is 11.4 Å². The Kier molecular flexibility index (Phi) is 2.98. The fourth-order valence-electron chi connectivity index (χ4n) is 1.14. The van der Waals surface area contributed by atoms with E-state index in [1.54, 1.807) is 12.1 Å². The molecular formula is C11H12O2. The van der Waals surface area contributed by atoms with Gasteiger partial charge in [0.25, 0.3) is 0 Å². The van der Waals surface area contributed by atoms with Crippen LogP contribution in [0.15, 0.2) is 30.8 Å². The highest BCUT2D eigenvalue weighted by atomic mass is 16.3. The van der Waals surface area contributed by atoms with Crippen LogP contribution in [0, 0.1) is 0 Å². The maximum atomic E-state index is 11.0. The standard InChI is InChI=1S/C11H12O2/c1-8(9(2)13)11-6-4-3-5-10(11)7-12/h3-6,12H,1,7H2,2H3. The zero-order chi connectivity index (χ0) is 9.84. The molecule has 0 atom stereocenters. The summed E-state index contributed by atoms with van der Waals surface area (Å²) in [5.74, 6) is -0.0686. The number of hydrogen-bond acceptors (Lipinski definition) is 2. The third-order valence-corrected chi connectivity index (χ3v) is 1.94. The first-order chi connectivity index (χ1) is 6.16. The van der Waals surface area contributed by atoms with Crippen LogP contribution >= 0.6 is 0 Å². The van der Waals surface area contributed by atoms with Crippen LogP contribution in [-0.2, 0) is 11.4 Å². The van der Waals surface area contributed by atoms with E-state index in [1.807, 2.05) is 12.1 Å². The molecule has 0 fully saturated rings. The van der Waals surface area contributed by atoms with E-state index in [-0.39, 0.29) is 12.4 Å². The molecule has 0 amide bonds. The van der Waals surface area contributed by atoms with Gasteiger partial charge in [-0.2, -0.15) is 0 Å². The van der Waals surface area contributed by atoms with Gasteiger partial charge in [0, 0.05) is 5.57 Å². The number of ketones is 1. The fraction of sp³-hybridized carbons (Fsp3) is 0.182. The zero-order valence-corrected chi connectivity index (χ0v) is 7.58. The monoisotopic (exact) mass is 176 g/mol. The van der Waals surface area contributed by atoms with Crippen molar-refractivity contribution in [3.8, 4) is 0 Å². The Morgan fingerprint density at radius 2 is 2.08 bits per heavy atom. The predicted molar refractivity (Wildman–Crippen MR) is 52.1 cm³/mol. The minimum absolute atomic E-state index is 0.0670. The van der Waals surface area contributed by atoms with Gasteiger partial charge in [-0.1, -0.05) is 30.8 Å². The number of rotatable bonds is 3. The highest BCUT2D eigenvalue weighted by Gasteiger charge is 2.07. The Balaban J connectivity index is 3.13. The van der Waals surface area contributed by atoms with E-state index in [0.29, 0.717) is 5.57 Å². The molecule has 1 aromatic carbocycles. The van der Waals surface area contributed by atoms with E-state index in [4.69, 9.17) is 5.11 Å². The molecule has 0 aromatic heterocycles. The lowest BCUT2D eigenvalue weighted by atomic mass is 9.99. The van der Waals surface area contributed by atoms with Crippen molar-refractivity contribution in [2.45, 2.75) is 13.5 Å². The Morgan fingerprint density at radius 1 is 1.46 bits per heavy atom. The summed E-state index contributed by atoms with van der Waals surface area (Å²) >= 11 is 0. The third-order valence-electron chi connectivity index (χ3n) is 1.94. The minimum atomic E-state index is -0.0686. The van der Waals surface area contributed by atoms with Crippen molar-refractivity contribution in [2.24, 2.45) is 0 Å². The van der Waals surface area contributed by atoms with Crippen LogP contribution in [-0.4, -0.2) is 10.9 Å². The summed E-state index contributed by atoms with van der Waals surface area (Å²) in [6, 6.07) is 7.21. The van der Waals surface area contributed by atoms with Crippen molar-refractivity contribution in [2.75, 3.05) is 0 Å². The summed E-state index contributed by atoms with van der Waals surface area (Å²) in [7, 11) is 0. The largest absolute Gasteiger partial charge is 0.392 e. The Hall–Kier alpha value is -1.41. The second kappa shape index (κ2) is 4.01. The van der Waals surface area contributed by atoms with Gasteiger partial charge in [-0.15, -0.1) is 0 Å².